The fourth-order valence-corrected chi connectivity index (χ4v) is 2.14. The summed E-state index contributed by atoms with van der Waals surface area (Å²) in [5, 5.41) is 10.5. The van der Waals surface area contributed by atoms with Gasteiger partial charge < -0.3 is 15.8 Å². The van der Waals surface area contributed by atoms with E-state index in [-0.39, 0.29) is 5.91 Å². The van der Waals surface area contributed by atoms with Crippen LogP contribution in [0, 0.1) is 0 Å². The fraction of sp³-hybridized carbons (Fsp3) is 0.0667. The van der Waals surface area contributed by atoms with Gasteiger partial charge in [-0.05, 0) is 24.3 Å². The molecule has 6 heteroatoms. The standard InChI is InChI=1S/C15H14N4O2/c1-21-11-6-9(5-10(16)7-11)15(20)18-13-3-2-4-14-12(13)8-17-19-14/h2-8H,16H2,1H3,(H,17,19)(H,18,20). The van der Waals surface area contributed by atoms with Crippen LogP contribution in [0.15, 0.2) is 42.6 Å². The number of carbonyl (C=O) groups excluding carboxylic acids is 1. The molecule has 3 aromatic rings. The molecule has 0 aliphatic carbocycles. The topological polar surface area (TPSA) is 93.0 Å². The lowest BCUT2D eigenvalue weighted by Crippen LogP contribution is -2.12. The minimum Gasteiger partial charge on any atom is -0.497 e. The van der Waals surface area contributed by atoms with Gasteiger partial charge in [0.05, 0.1) is 24.5 Å². The lowest BCUT2D eigenvalue weighted by Gasteiger charge is -2.08. The van der Waals surface area contributed by atoms with E-state index in [4.69, 9.17) is 10.5 Å². The molecule has 2 aromatic carbocycles. The monoisotopic (exact) mass is 282 g/mol. The van der Waals surface area contributed by atoms with Crippen molar-refractivity contribution in [1.82, 2.24) is 10.2 Å². The van der Waals surface area contributed by atoms with Crippen LogP contribution in [0.5, 0.6) is 5.75 Å². The summed E-state index contributed by atoms with van der Waals surface area (Å²) >= 11 is 0. The third-order valence-electron chi connectivity index (χ3n) is 3.16. The van der Waals surface area contributed by atoms with Crippen LogP contribution in [0.1, 0.15) is 10.4 Å². The van der Waals surface area contributed by atoms with E-state index < -0.39 is 0 Å². The average Bonchev–Trinajstić information content (AvgIpc) is 2.96. The van der Waals surface area contributed by atoms with E-state index in [2.05, 4.69) is 15.5 Å². The lowest BCUT2D eigenvalue weighted by atomic mass is 10.1. The summed E-state index contributed by atoms with van der Waals surface area (Å²) in [6.07, 6.45) is 1.67. The number of rotatable bonds is 3. The predicted molar refractivity (Wildman–Crippen MR) is 81.5 cm³/mol. The molecule has 0 bridgehead atoms. The molecule has 1 aromatic heterocycles. The Kier molecular flexibility index (Phi) is 3.19. The molecular formula is C15H14N4O2. The van der Waals surface area contributed by atoms with Gasteiger partial charge in [-0.15, -0.1) is 0 Å². The molecule has 106 valence electrons. The summed E-state index contributed by atoms with van der Waals surface area (Å²) in [6.45, 7) is 0. The number of nitrogens with two attached hydrogens (primary N) is 1. The highest BCUT2D eigenvalue weighted by Gasteiger charge is 2.11. The van der Waals surface area contributed by atoms with Crippen molar-refractivity contribution in [1.29, 1.82) is 0 Å². The number of nitrogen functional groups attached to an aromatic ring is 1. The molecule has 3 rings (SSSR count). The second-order valence-corrected chi connectivity index (χ2v) is 4.59. The van der Waals surface area contributed by atoms with Crippen molar-refractivity contribution in [2.75, 3.05) is 18.2 Å². The Morgan fingerprint density at radius 2 is 2.19 bits per heavy atom. The molecule has 0 radical (unpaired) electrons. The zero-order chi connectivity index (χ0) is 14.8. The van der Waals surface area contributed by atoms with Gasteiger partial charge in [0.2, 0.25) is 0 Å². The molecule has 6 nitrogen and oxygen atoms in total. The number of H-pyrrole nitrogens is 1. The van der Waals surface area contributed by atoms with Gasteiger partial charge in [-0.2, -0.15) is 5.10 Å². The van der Waals surface area contributed by atoms with E-state index in [1.165, 1.54) is 7.11 Å². The third kappa shape index (κ3) is 2.51. The number of nitrogens with zero attached hydrogens (tertiary/aromatic N) is 1. The van der Waals surface area contributed by atoms with E-state index in [1.807, 2.05) is 18.2 Å². The lowest BCUT2D eigenvalue weighted by molar-refractivity contribution is 0.102. The minimum atomic E-state index is -0.255. The number of amides is 1. The molecule has 0 aliphatic rings. The van der Waals surface area contributed by atoms with Crippen LogP contribution < -0.4 is 15.8 Å². The Morgan fingerprint density at radius 3 is 3.00 bits per heavy atom. The molecule has 1 heterocycles. The Morgan fingerprint density at radius 1 is 1.33 bits per heavy atom. The summed E-state index contributed by atoms with van der Waals surface area (Å²) < 4.78 is 5.12. The van der Waals surface area contributed by atoms with Gasteiger partial charge in [-0.3, -0.25) is 9.89 Å². The molecule has 21 heavy (non-hydrogen) atoms. The Balaban J connectivity index is 1.93. The quantitative estimate of drug-likeness (QED) is 0.643. The van der Waals surface area contributed by atoms with Crippen molar-refractivity contribution < 1.29 is 9.53 Å². The molecule has 1 amide bonds. The molecule has 0 unspecified atom stereocenters. The molecule has 4 N–H and O–H groups in total. The van der Waals surface area contributed by atoms with E-state index in [9.17, 15) is 4.79 Å². The molecule has 0 saturated carbocycles. The first-order chi connectivity index (χ1) is 10.2. The summed E-state index contributed by atoms with van der Waals surface area (Å²) in [5.74, 6) is 0.288. The average molecular weight is 282 g/mol. The first-order valence-corrected chi connectivity index (χ1v) is 6.35. The number of hydrogen-bond donors (Lipinski definition) is 3. The SMILES string of the molecule is COc1cc(N)cc(C(=O)Nc2cccc3[nH]ncc23)c1. The van der Waals surface area contributed by atoms with Gasteiger partial charge in [0.25, 0.3) is 5.91 Å². The molecule has 0 fully saturated rings. The van der Waals surface area contributed by atoms with Crippen molar-refractivity contribution in [2.24, 2.45) is 0 Å². The van der Waals surface area contributed by atoms with Gasteiger partial charge in [-0.1, -0.05) is 6.07 Å². The number of nitrogens with one attached hydrogen (secondary N) is 2. The fourth-order valence-electron chi connectivity index (χ4n) is 2.14. The number of aromatic amines is 1. The first-order valence-electron chi connectivity index (χ1n) is 6.35. The summed E-state index contributed by atoms with van der Waals surface area (Å²) in [4.78, 5) is 12.3. The zero-order valence-corrected chi connectivity index (χ0v) is 11.4. The van der Waals surface area contributed by atoms with E-state index in [1.54, 1.807) is 24.4 Å². The van der Waals surface area contributed by atoms with E-state index in [0.29, 0.717) is 22.7 Å². The maximum Gasteiger partial charge on any atom is 0.255 e. The number of carbonyl (C=O) groups is 1. The van der Waals surface area contributed by atoms with Crippen LogP contribution >= 0.6 is 0 Å². The first kappa shape index (κ1) is 13.0. The normalized spacial score (nSPS) is 10.5. The highest BCUT2D eigenvalue weighted by Crippen LogP contribution is 2.23. The Hall–Kier alpha value is -3.02. The second kappa shape index (κ2) is 5.16. The van der Waals surface area contributed by atoms with Gasteiger partial charge in [0.15, 0.2) is 0 Å². The third-order valence-corrected chi connectivity index (χ3v) is 3.16. The molecular weight excluding hydrogens is 268 g/mol. The van der Waals surface area contributed by atoms with Gasteiger partial charge in [0, 0.05) is 22.7 Å². The highest BCUT2D eigenvalue weighted by molar-refractivity contribution is 6.09. The van der Waals surface area contributed by atoms with Crippen molar-refractivity contribution in [2.45, 2.75) is 0 Å². The van der Waals surface area contributed by atoms with Crippen LogP contribution in [0.3, 0.4) is 0 Å². The van der Waals surface area contributed by atoms with Crippen LogP contribution in [-0.2, 0) is 0 Å². The maximum atomic E-state index is 12.3. The summed E-state index contributed by atoms with van der Waals surface area (Å²) in [5.41, 5.74) is 8.22. The zero-order valence-electron chi connectivity index (χ0n) is 11.4. The van der Waals surface area contributed by atoms with Crippen LogP contribution in [0.4, 0.5) is 11.4 Å². The van der Waals surface area contributed by atoms with E-state index in [0.717, 1.165) is 10.9 Å². The van der Waals surface area contributed by atoms with Crippen molar-refractivity contribution >= 4 is 28.2 Å². The molecule has 0 saturated heterocycles. The Labute approximate surface area is 120 Å². The molecule has 0 spiro atoms. The van der Waals surface area contributed by atoms with Crippen LogP contribution in [0.25, 0.3) is 10.9 Å². The van der Waals surface area contributed by atoms with Crippen molar-refractivity contribution in [3.8, 4) is 5.75 Å². The number of anilines is 2. The number of fused-ring (bicyclic) bond motifs is 1. The predicted octanol–water partition coefficient (Wildman–Crippen LogP) is 2.41. The second-order valence-electron chi connectivity index (χ2n) is 4.59. The van der Waals surface area contributed by atoms with Gasteiger partial charge in [-0.25, -0.2) is 0 Å². The number of hydrogen-bond acceptors (Lipinski definition) is 4. The Bertz CT molecular complexity index is 810. The molecule has 0 atom stereocenters. The smallest absolute Gasteiger partial charge is 0.255 e. The number of aromatic nitrogens is 2. The van der Waals surface area contributed by atoms with Crippen molar-refractivity contribution in [3.63, 3.8) is 0 Å². The number of benzene rings is 2. The highest BCUT2D eigenvalue weighted by atomic mass is 16.5. The summed E-state index contributed by atoms with van der Waals surface area (Å²) in [6, 6.07) is 10.5. The van der Waals surface area contributed by atoms with Gasteiger partial charge >= 0.3 is 0 Å². The number of ether oxygens (including phenoxy) is 1. The number of methoxy groups -OCH3 is 1. The van der Waals surface area contributed by atoms with Crippen LogP contribution in [0.2, 0.25) is 0 Å². The minimum absolute atomic E-state index is 0.255. The molecule has 0 aliphatic heterocycles. The summed E-state index contributed by atoms with van der Waals surface area (Å²) in [7, 11) is 1.53. The van der Waals surface area contributed by atoms with E-state index >= 15 is 0 Å². The van der Waals surface area contributed by atoms with Gasteiger partial charge in [0.1, 0.15) is 5.75 Å². The largest absolute Gasteiger partial charge is 0.497 e. The van der Waals surface area contributed by atoms with Crippen molar-refractivity contribution in [3.05, 3.63) is 48.2 Å². The maximum absolute atomic E-state index is 12.3. The van der Waals surface area contributed by atoms with Crippen LogP contribution in [-0.4, -0.2) is 23.2 Å².